The smallest absolute Gasteiger partial charge is 0.394 e. The van der Waals surface area contributed by atoms with E-state index in [1.54, 1.807) is 35.8 Å². The average molecular weight is 432 g/mol. The molecule has 1 aromatic carbocycles. The van der Waals surface area contributed by atoms with E-state index in [1.165, 1.54) is 12.7 Å². The number of amides is 1. The molecule has 1 aliphatic rings. The molecule has 5 atom stereocenters. The monoisotopic (exact) mass is 432 g/mol. The molecule has 11 nitrogen and oxygen atoms in total. The molecule has 156 valence electrons. The number of aliphatic hydroxyl groups is 1. The highest BCUT2D eigenvalue weighted by molar-refractivity contribution is 7.32. The van der Waals surface area contributed by atoms with Crippen LogP contribution in [0.15, 0.2) is 43.0 Å². The molecule has 0 bridgehead atoms. The molecule has 30 heavy (non-hydrogen) atoms. The van der Waals surface area contributed by atoms with Crippen molar-refractivity contribution in [3.05, 3.63) is 48.5 Å². The van der Waals surface area contributed by atoms with Gasteiger partial charge >= 0.3 is 8.25 Å². The van der Waals surface area contributed by atoms with Crippen molar-refractivity contribution in [2.45, 2.75) is 25.4 Å². The molecule has 3 heterocycles. The second-order valence-corrected chi connectivity index (χ2v) is 7.47. The van der Waals surface area contributed by atoms with Crippen LogP contribution in [0.25, 0.3) is 11.2 Å². The summed E-state index contributed by atoms with van der Waals surface area (Å²) in [4.78, 5) is 34.3. The number of imidazole rings is 1. The van der Waals surface area contributed by atoms with Crippen LogP contribution in [0.4, 0.5) is 5.82 Å². The van der Waals surface area contributed by atoms with Crippen LogP contribution in [0.3, 0.4) is 0 Å². The molecule has 0 saturated carbocycles. The maximum Gasteiger partial charge on any atom is 0.695 e. The molecule has 3 N–H and O–H groups in total. The van der Waals surface area contributed by atoms with E-state index in [0.29, 0.717) is 16.7 Å². The van der Waals surface area contributed by atoms with E-state index >= 15 is 0 Å². The van der Waals surface area contributed by atoms with E-state index in [4.69, 9.17) is 14.2 Å². The highest BCUT2D eigenvalue weighted by Crippen LogP contribution is 2.41. The fraction of sp³-hybridized carbons (Fsp3) is 0.333. The Morgan fingerprint density at radius 2 is 2.07 bits per heavy atom. The lowest BCUT2D eigenvalue weighted by Crippen LogP contribution is -2.29. The fourth-order valence-electron chi connectivity index (χ4n) is 3.51. The molecule has 12 heteroatoms. The van der Waals surface area contributed by atoms with Crippen molar-refractivity contribution >= 4 is 31.1 Å². The van der Waals surface area contributed by atoms with Gasteiger partial charge in [0.25, 0.3) is 5.91 Å². The Bertz CT molecular complexity index is 1080. The van der Waals surface area contributed by atoms with Crippen molar-refractivity contribution in [2.24, 2.45) is 5.92 Å². The summed E-state index contributed by atoms with van der Waals surface area (Å²) in [5, 5.41) is 12.3. The van der Waals surface area contributed by atoms with Crippen molar-refractivity contribution in [1.82, 2.24) is 19.5 Å². The molecule has 2 aromatic heterocycles. The Labute approximate surface area is 171 Å². The lowest BCUT2D eigenvalue weighted by atomic mass is 10.0. The van der Waals surface area contributed by atoms with Gasteiger partial charge in [-0.15, -0.1) is 9.42 Å². The number of nitrogens with one attached hydrogen (secondary N) is 1. The Balaban J connectivity index is 1.63. The predicted octanol–water partition coefficient (Wildman–Crippen LogP) is 1.64. The number of aliphatic hydroxyl groups excluding tert-OH is 1. The third-order valence-corrected chi connectivity index (χ3v) is 5.37. The second kappa shape index (κ2) is 8.50. The first-order valence-electron chi connectivity index (χ1n) is 9.12. The van der Waals surface area contributed by atoms with Crippen LogP contribution in [0.2, 0.25) is 0 Å². The Morgan fingerprint density at radius 3 is 2.77 bits per heavy atom. The quantitative estimate of drug-likeness (QED) is 0.494. The predicted molar refractivity (Wildman–Crippen MR) is 105 cm³/mol. The number of benzene rings is 1. The largest absolute Gasteiger partial charge is 0.695 e. The minimum Gasteiger partial charge on any atom is -0.394 e. The van der Waals surface area contributed by atoms with Gasteiger partial charge in [-0.1, -0.05) is 25.1 Å². The maximum absolute atomic E-state index is 12.5. The van der Waals surface area contributed by atoms with Crippen LogP contribution >= 0.6 is 8.25 Å². The highest BCUT2D eigenvalue weighted by atomic mass is 31.1. The Kier molecular flexibility index (Phi) is 5.80. The topological polar surface area (TPSA) is 149 Å². The normalized spacial score (nSPS) is 24.2. The minimum atomic E-state index is -2.86. The highest BCUT2D eigenvalue weighted by Gasteiger charge is 2.48. The van der Waals surface area contributed by atoms with Crippen molar-refractivity contribution in [3.8, 4) is 0 Å². The van der Waals surface area contributed by atoms with Crippen molar-refractivity contribution in [1.29, 1.82) is 0 Å². The first-order chi connectivity index (χ1) is 14.5. The zero-order valence-corrected chi connectivity index (χ0v) is 16.7. The molecule has 1 unspecified atom stereocenters. The van der Waals surface area contributed by atoms with Crippen LogP contribution in [0, 0.1) is 5.92 Å². The summed E-state index contributed by atoms with van der Waals surface area (Å²) in [6.45, 7) is 1.39. The number of ether oxygens (including phenoxy) is 1. The molecule has 1 fully saturated rings. The lowest BCUT2D eigenvalue weighted by molar-refractivity contribution is -0.0417. The number of hydrogen-bond donors (Lipinski definition) is 3. The molecule has 4 rings (SSSR count). The summed E-state index contributed by atoms with van der Waals surface area (Å²) < 4.78 is 23.7. The number of nitrogens with zero attached hydrogens (tertiary/aromatic N) is 4. The summed E-state index contributed by atoms with van der Waals surface area (Å²) in [5.41, 5.74) is 1.23. The fourth-order valence-corrected chi connectivity index (χ4v) is 4.05. The van der Waals surface area contributed by atoms with E-state index in [0.717, 1.165) is 0 Å². The number of rotatable bonds is 6. The average Bonchev–Trinajstić information content (AvgIpc) is 3.30. The Hall–Kier alpha value is -2.82. The number of aromatic nitrogens is 4. The maximum atomic E-state index is 12.5. The van der Waals surface area contributed by atoms with E-state index < -0.39 is 26.7 Å². The second-order valence-electron chi connectivity index (χ2n) is 6.78. The first kappa shape index (κ1) is 20.5. The molecule has 0 spiro atoms. The molecule has 1 amide bonds. The third-order valence-electron chi connectivity index (χ3n) is 4.94. The Morgan fingerprint density at radius 1 is 1.30 bits per heavy atom. The van der Waals surface area contributed by atoms with Crippen molar-refractivity contribution in [3.63, 3.8) is 0 Å². The number of carbonyl (C=O) groups is 1. The van der Waals surface area contributed by atoms with Crippen LogP contribution < -0.4 is 5.32 Å². The summed E-state index contributed by atoms with van der Waals surface area (Å²) in [6, 6.07) is 8.69. The van der Waals surface area contributed by atoms with Gasteiger partial charge < -0.3 is 15.2 Å². The van der Waals surface area contributed by atoms with Crippen LogP contribution in [-0.2, 0) is 13.8 Å². The molecule has 0 radical (unpaired) electrons. The zero-order chi connectivity index (χ0) is 21.3. The number of hydrogen-bond acceptors (Lipinski definition) is 8. The van der Waals surface area contributed by atoms with E-state index in [2.05, 4.69) is 20.3 Å². The lowest BCUT2D eigenvalue weighted by Gasteiger charge is -2.17. The number of fused-ring (bicyclic) bond motifs is 1. The van der Waals surface area contributed by atoms with Crippen molar-refractivity contribution in [2.75, 3.05) is 11.9 Å². The van der Waals surface area contributed by atoms with Crippen LogP contribution in [0.1, 0.15) is 23.5 Å². The summed E-state index contributed by atoms with van der Waals surface area (Å²) in [6.07, 6.45) is 0.551. The number of carbonyl (C=O) groups excluding carboxylic acids is 1. The standard InChI is InChI=1S/C18H18N5O6P/c1-10-14(29-30(26)27)12(7-24)28-18(10)23-9-21-13-15(19-8-20-16(13)23)22-17(25)11-5-3-2-4-6-11/h2-6,8-10,12,14,18,24H,7H2,1H3,(H-,19,20,22,25,26,27)/p+1/t10-,12-,14+,18-/m0/s1. The van der Waals surface area contributed by atoms with E-state index in [9.17, 15) is 14.5 Å². The van der Waals surface area contributed by atoms with Gasteiger partial charge in [0.2, 0.25) is 0 Å². The van der Waals surface area contributed by atoms with E-state index in [1.807, 2.05) is 6.07 Å². The van der Waals surface area contributed by atoms with Crippen molar-refractivity contribution < 1.29 is 28.6 Å². The molecular formula is C18H19N5O6P+. The summed E-state index contributed by atoms with van der Waals surface area (Å²) in [7, 11) is -2.86. The SMILES string of the molecule is C[C@H]1[C@@H](O[P+](=O)O)[C@H](CO)O[C@@H]1n1cnc2c(NC(=O)c3ccccc3)ncnc21. The van der Waals surface area contributed by atoms with Gasteiger partial charge in [-0.05, 0) is 12.1 Å². The molecule has 3 aromatic rings. The van der Waals surface area contributed by atoms with Gasteiger partial charge in [0.05, 0.1) is 12.9 Å². The van der Waals surface area contributed by atoms with Gasteiger partial charge in [0.15, 0.2) is 23.1 Å². The molecule has 1 saturated heterocycles. The van der Waals surface area contributed by atoms with Crippen LogP contribution in [0.5, 0.6) is 0 Å². The van der Waals surface area contributed by atoms with E-state index in [-0.39, 0.29) is 24.2 Å². The molecule has 0 aliphatic carbocycles. The van der Waals surface area contributed by atoms with Crippen LogP contribution in [-0.4, -0.2) is 54.2 Å². The van der Waals surface area contributed by atoms with Gasteiger partial charge in [0.1, 0.15) is 18.7 Å². The summed E-state index contributed by atoms with van der Waals surface area (Å²) >= 11 is 0. The first-order valence-corrected chi connectivity index (χ1v) is 10.3. The molecule has 1 aliphatic heterocycles. The van der Waals surface area contributed by atoms with Gasteiger partial charge in [-0.25, -0.2) is 15.0 Å². The summed E-state index contributed by atoms with van der Waals surface area (Å²) in [5.74, 6) is -0.484. The van der Waals surface area contributed by atoms with Gasteiger partial charge in [0, 0.05) is 16.0 Å². The third kappa shape index (κ3) is 3.81. The minimum absolute atomic E-state index is 0.239. The number of anilines is 1. The molecular weight excluding hydrogens is 413 g/mol. The van der Waals surface area contributed by atoms with Gasteiger partial charge in [-0.3, -0.25) is 9.36 Å². The van der Waals surface area contributed by atoms with Gasteiger partial charge in [-0.2, -0.15) is 0 Å². The zero-order valence-electron chi connectivity index (χ0n) is 15.8.